The Kier molecular flexibility index (Phi) is 4.32. The number of piperidine rings is 1. The standard InChI is InChI=1S/C24H31N5O2/c1-27-14-12-24(23(17-27)10-11-23)29(16-19-9-13-28(2)25-19)22(26-31-24)15-18-3-5-20(6-4-18)30-21-7-8-21/h3-6,9,13,21H,7-8,10-12,14-17H2,1-2H3. The number of amidine groups is 1. The Bertz CT molecular complexity index is 992. The largest absolute Gasteiger partial charge is 0.490 e. The van der Waals surface area contributed by atoms with Crippen LogP contribution in [0, 0.1) is 5.41 Å². The smallest absolute Gasteiger partial charge is 0.219 e. The topological polar surface area (TPSA) is 55.1 Å². The lowest BCUT2D eigenvalue weighted by atomic mass is 9.83. The number of hydrogen-bond acceptors (Lipinski definition) is 6. The van der Waals surface area contributed by atoms with Crippen LogP contribution in [0.5, 0.6) is 5.75 Å². The summed E-state index contributed by atoms with van der Waals surface area (Å²) in [5, 5.41) is 9.35. The van der Waals surface area contributed by atoms with E-state index in [1.807, 2.05) is 17.9 Å². The van der Waals surface area contributed by atoms with Gasteiger partial charge < -0.3 is 19.4 Å². The first kappa shape index (κ1) is 19.2. The van der Waals surface area contributed by atoms with Crippen LogP contribution >= 0.6 is 0 Å². The molecule has 2 spiro atoms. The van der Waals surface area contributed by atoms with E-state index < -0.39 is 0 Å². The fraction of sp³-hybridized carbons (Fsp3) is 0.583. The molecule has 4 aliphatic rings. The zero-order valence-electron chi connectivity index (χ0n) is 18.5. The highest BCUT2D eigenvalue weighted by Gasteiger charge is 2.68. The molecule has 2 aliphatic carbocycles. The Morgan fingerprint density at radius 2 is 1.90 bits per heavy atom. The molecule has 31 heavy (non-hydrogen) atoms. The van der Waals surface area contributed by atoms with Gasteiger partial charge in [0.25, 0.3) is 0 Å². The van der Waals surface area contributed by atoms with Gasteiger partial charge in [-0.2, -0.15) is 5.10 Å². The molecule has 2 saturated carbocycles. The van der Waals surface area contributed by atoms with E-state index in [2.05, 4.69) is 52.3 Å². The SMILES string of the molecule is CN1CCC2(ON=C(Cc3ccc(OC4CC4)cc3)N2Cc2ccn(C)n2)C2(CC2)C1. The van der Waals surface area contributed by atoms with Crippen LogP contribution in [-0.4, -0.2) is 57.4 Å². The number of aryl methyl sites for hydroxylation is 1. The second-order valence-corrected chi connectivity index (χ2v) is 9.86. The maximum Gasteiger partial charge on any atom is 0.219 e. The Hall–Kier alpha value is -2.54. The van der Waals surface area contributed by atoms with Gasteiger partial charge in [0, 0.05) is 44.6 Å². The molecule has 3 fully saturated rings. The molecule has 2 aliphatic heterocycles. The summed E-state index contributed by atoms with van der Waals surface area (Å²) < 4.78 is 7.78. The van der Waals surface area contributed by atoms with Crippen LogP contribution in [0.15, 0.2) is 41.7 Å². The number of aromatic nitrogens is 2. The summed E-state index contributed by atoms with van der Waals surface area (Å²) in [6, 6.07) is 10.6. The van der Waals surface area contributed by atoms with E-state index in [1.54, 1.807) is 0 Å². The molecule has 1 aromatic carbocycles. The normalized spacial score (nSPS) is 26.9. The van der Waals surface area contributed by atoms with Crippen LogP contribution in [-0.2, 0) is 24.9 Å². The molecule has 7 heteroatoms. The summed E-state index contributed by atoms with van der Waals surface area (Å²) in [7, 11) is 4.19. The van der Waals surface area contributed by atoms with E-state index >= 15 is 0 Å². The average Bonchev–Trinajstić information content (AvgIpc) is 3.66. The van der Waals surface area contributed by atoms with Gasteiger partial charge in [-0.25, -0.2) is 0 Å². The van der Waals surface area contributed by atoms with E-state index in [1.165, 1.54) is 31.2 Å². The molecule has 1 saturated heterocycles. The molecule has 164 valence electrons. The second-order valence-electron chi connectivity index (χ2n) is 9.86. The van der Waals surface area contributed by atoms with Gasteiger partial charge in [0.15, 0.2) is 5.84 Å². The molecule has 6 rings (SSSR count). The Morgan fingerprint density at radius 1 is 1.10 bits per heavy atom. The van der Waals surface area contributed by atoms with Crippen LogP contribution in [0.4, 0.5) is 0 Å². The van der Waals surface area contributed by atoms with Crippen molar-refractivity contribution >= 4 is 5.84 Å². The van der Waals surface area contributed by atoms with Crippen molar-refractivity contribution < 1.29 is 9.57 Å². The first-order valence-corrected chi connectivity index (χ1v) is 11.5. The lowest BCUT2D eigenvalue weighted by molar-refractivity contribution is -0.183. The third-order valence-corrected chi connectivity index (χ3v) is 7.34. The van der Waals surface area contributed by atoms with Gasteiger partial charge in [-0.1, -0.05) is 17.3 Å². The summed E-state index contributed by atoms with van der Waals surface area (Å²) in [5.41, 5.74) is 2.11. The van der Waals surface area contributed by atoms with Gasteiger partial charge in [-0.15, -0.1) is 0 Å². The molecule has 1 unspecified atom stereocenters. The van der Waals surface area contributed by atoms with Gasteiger partial charge in [0.05, 0.1) is 18.3 Å². The van der Waals surface area contributed by atoms with E-state index in [0.717, 1.165) is 49.8 Å². The van der Waals surface area contributed by atoms with Gasteiger partial charge >= 0.3 is 0 Å². The average molecular weight is 422 g/mol. The molecule has 3 heterocycles. The Morgan fingerprint density at radius 3 is 2.58 bits per heavy atom. The zero-order chi connectivity index (χ0) is 21.1. The van der Waals surface area contributed by atoms with Crippen LogP contribution in [0.1, 0.15) is 43.4 Å². The third-order valence-electron chi connectivity index (χ3n) is 7.34. The monoisotopic (exact) mass is 421 g/mol. The quantitative estimate of drug-likeness (QED) is 0.717. The number of ether oxygens (including phenoxy) is 1. The van der Waals surface area contributed by atoms with Gasteiger partial charge in [0.1, 0.15) is 5.75 Å². The highest BCUT2D eigenvalue weighted by atomic mass is 16.7. The van der Waals surface area contributed by atoms with Crippen LogP contribution in [0.2, 0.25) is 0 Å². The number of benzene rings is 1. The summed E-state index contributed by atoms with van der Waals surface area (Å²) >= 11 is 0. The molecule has 0 radical (unpaired) electrons. The number of nitrogens with zero attached hydrogens (tertiary/aromatic N) is 5. The molecule has 1 aromatic heterocycles. The van der Waals surface area contributed by atoms with Crippen LogP contribution < -0.4 is 4.74 Å². The van der Waals surface area contributed by atoms with Crippen molar-refractivity contribution in [2.45, 2.75) is 56.9 Å². The maximum atomic E-state index is 6.40. The summed E-state index contributed by atoms with van der Waals surface area (Å²) in [6.45, 7) is 2.83. The van der Waals surface area contributed by atoms with Crippen molar-refractivity contribution in [1.29, 1.82) is 0 Å². The molecule has 0 N–H and O–H groups in total. The van der Waals surface area contributed by atoms with Crippen LogP contribution in [0.3, 0.4) is 0 Å². The fourth-order valence-electron chi connectivity index (χ4n) is 5.33. The Balaban J connectivity index is 1.26. The summed E-state index contributed by atoms with van der Waals surface area (Å²) in [6.07, 6.45) is 8.91. The van der Waals surface area contributed by atoms with Gasteiger partial charge in [-0.05, 0) is 56.5 Å². The lowest BCUT2D eigenvalue weighted by Gasteiger charge is -2.48. The number of rotatable bonds is 6. The fourth-order valence-corrected chi connectivity index (χ4v) is 5.33. The molecule has 2 aromatic rings. The van der Waals surface area contributed by atoms with Crippen molar-refractivity contribution in [3.05, 3.63) is 47.8 Å². The second kappa shape index (κ2) is 6.99. The minimum absolute atomic E-state index is 0.169. The molecule has 0 bridgehead atoms. The summed E-state index contributed by atoms with van der Waals surface area (Å²) in [5.74, 6) is 1.97. The predicted octanol–water partition coefficient (Wildman–Crippen LogP) is 3.16. The molecular weight excluding hydrogens is 390 g/mol. The highest BCUT2D eigenvalue weighted by molar-refractivity contribution is 5.86. The Labute approximate surface area is 183 Å². The lowest BCUT2D eigenvalue weighted by Crippen LogP contribution is -2.61. The van der Waals surface area contributed by atoms with E-state index in [-0.39, 0.29) is 11.1 Å². The number of likely N-dealkylation sites (tertiary alicyclic amines) is 1. The van der Waals surface area contributed by atoms with Gasteiger partial charge in [-0.3, -0.25) is 4.68 Å². The van der Waals surface area contributed by atoms with Crippen molar-refractivity contribution in [3.8, 4) is 5.75 Å². The highest BCUT2D eigenvalue weighted by Crippen LogP contribution is 2.62. The molecule has 0 amide bonds. The molecule has 1 atom stereocenters. The first-order valence-electron chi connectivity index (χ1n) is 11.5. The molecular formula is C24H31N5O2. The van der Waals surface area contributed by atoms with E-state index in [0.29, 0.717) is 6.10 Å². The van der Waals surface area contributed by atoms with Crippen LogP contribution in [0.25, 0.3) is 0 Å². The zero-order valence-corrected chi connectivity index (χ0v) is 18.5. The molecule has 7 nitrogen and oxygen atoms in total. The minimum Gasteiger partial charge on any atom is -0.490 e. The van der Waals surface area contributed by atoms with E-state index in [4.69, 9.17) is 14.7 Å². The van der Waals surface area contributed by atoms with Crippen molar-refractivity contribution in [3.63, 3.8) is 0 Å². The number of hydrogen-bond donors (Lipinski definition) is 0. The minimum atomic E-state index is -0.346. The van der Waals surface area contributed by atoms with Crippen molar-refractivity contribution in [2.75, 3.05) is 20.1 Å². The summed E-state index contributed by atoms with van der Waals surface area (Å²) in [4.78, 5) is 11.3. The number of fused-ring (bicyclic) bond motifs is 1. The van der Waals surface area contributed by atoms with Crippen molar-refractivity contribution in [2.24, 2.45) is 17.6 Å². The third kappa shape index (κ3) is 3.39. The maximum absolute atomic E-state index is 6.40. The van der Waals surface area contributed by atoms with Gasteiger partial charge in [0.2, 0.25) is 5.72 Å². The van der Waals surface area contributed by atoms with E-state index in [9.17, 15) is 0 Å². The van der Waals surface area contributed by atoms with Crippen molar-refractivity contribution in [1.82, 2.24) is 19.6 Å². The first-order chi connectivity index (χ1) is 15.1. The predicted molar refractivity (Wildman–Crippen MR) is 118 cm³/mol. The number of oxime groups is 1.